The van der Waals surface area contributed by atoms with Crippen LogP contribution in [0.5, 0.6) is 11.5 Å². The van der Waals surface area contributed by atoms with Gasteiger partial charge in [-0.1, -0.05) is 17.7 Å². The summed E-state index contributed by atoms with van der Waals surface area (Å²) in [7, 11) is 0. The van der Waals surface area contributed by atoms with Crippen molar-refractivity contribution in [3.8, 4) is 11.5 Å². The highest BCUT2D eigenvalue weighted by Crippen LogP contribution is 2.26. The zero-order valence-corrected chi connectivity index (χ0v) is 16.2. The summed E-state index contributed by atoms with van der Waals surface area (Å²) in [5.74, 6) is 1.44. The van der Waals surface area contributed by atoms with Crippen molar-refractivity contribution in [3.05, 3.63) is 88.3 Å². The van der Waals surface area contributed by atoms with Crippen LogP contribution in [0.25, 0.3) is 6.08 Å². The number of ketones is 1. The molecule has 0 aliphatic carbocycles. The summed E-state index contributed by atoms with van der Waals surface area (Å²) in [6, 6.07) is 14.3. The smallest absolute Gasteiger partial charge is 0.387 e. The van der Waals surface area contributed by atoms with E-state index in [-0.39, 0.29) is 18.1 Å². The van der Waals surface area contributed by atoms with Gasteiger partial charge in [0.2, 0.25) is 0 Å². The Balaban J connectivity index is 1.58. The molecular weight excluding hydrogens is 402 g/mol. The van der Waals surface area contributed by atoms with E-state index in [1.54, 1.807) is 24.3 Å². The summed E-state index contributed by atoms with van der Waals surface area (Å²) in [5.41, 5.74) is 1.19. The first-order chi connectivity index (χ1) is 13.9. The van der Waals surface area contributed by atoms with Crippen molar-refractivity contribution in [3.63, 3.8) is 0 Å². The number of hydrogen-bond acceptors (Lipinski definition) is 4. The molecule has 150 valence electrons. The number of alkyl halides is 2. The highest BCUT2D eigenvalue weighted by Gasteiger charge is 2.08. The number of hydrogen-bond donors (Lipinski definition) is 0. The molecule has 0 aliphatic heterocycles. The minimum atomic E-state index is -2.91. The van der Waals surface area contributed by atoms with Gasteiger partial charge < -0.3 is 13.9 Å². The quantitative estimate of drug-likeness (QED) is 0.317. The van der Waals surface area contributed by atoms with Crippen molar-refractivity contribution in [2.75, 3.05) is 0 Å². The van der Waals surface area contributed by atoms with Crippen LogP contribution in [0, 0.1) is 6.92 Å². The van der Waals surface area contributed by atoms with E-state index in [2.05, 4.69) is 4.74 Å². The zero-order chi connectivity index (χ0) is 20.8. The predicted octanol–water partition coefficient (Wildman–Crippen LogP) is 6.32. The Morgan fingerprint density at radius 1 is 1.14 bits per heavy atom. The van der Waals surface area contributed by atoms with Crippen LogP contribution in [0.2, 0.25) is 5.02 Å². The number of rotatable bonds is 8. The fraction of sp³-hybridized carbons (Fsp3) is 0.136. The van der Waals surface area contributed by atoms with Crippen LogP contribution in [0.4, 0.5) is 8.78 Å². The monoisotopic (exact) mass is 418 g/mol. The molecule has 0 saturated carbocycles. The highest BCUT2D eigenvalue weighted by molar-refractivity contribution is 6.31. The minimum absolute atomic E-state index is 0.00820. The molecule has 0 unspecified atom stereocenters. The van der Waals surface area contributed by atoms with Crippen molar-refractivity contribution in [2.45, 2.75) is 20.1 Å². The first-order valence-electron chi connectivity index (χ1n) is 8.66. The minimum Gasteiger partial charge on any atom is -0.485 e. The van der Waals surface area contributed by atoms with E-state index in [1.807, 2.05) is 13.0 Å². The van der Waals surface area contributed by atoms with Gasteiger partial charge in [0, 0.05) is 16.1 Å². The number of halogens is 3. The maximum absolute atomic E-state index is 12.2. The maximum Gasteiger partial charge on any atom is 0.387 e. The third kappa shape index (κ3) is 5.68. The summed E-state index contributed by atoms with van der Waals surface area (Å²) in [5, 5.41) is 0.623. The van der Waals surface area contributed by atoms with Gasteiger partial charge in [0.05, 0.1) is 0 Å². The number of carbonyl (C=O) groups excluding carboxylic acids is 1. The third-order valence-corrected chi connectivity index (χ3v) is 4.44. The molecule has 4 nitrogen and oxygen atoms in total. The van der Waals surface area contributed by atoms with E-state index >= 15 is 0 Å². The molecule has 7 heteroatoms. The van der Waals surface area contributed by atoms with Crippen molar-refractivity contribution < 1.29 is 27.5 Å². The van der Waals surface area contributed by atoms with E-state index in [4.69, 9.17) is 20.8 Å². The molecule has 3 rings (SSSR count). The fourth-order valence-corrected chi connectivity index (χ4v) is 2.68. The number of ether oxygens (including phenoxy) is 2. The topological polar surface area (TPSA) is 48.7 Å². The van der Waals surface area contributed by atoms with Gasteiger partial charge in [-0.05, 0) is 67.6 Å². The molecule has 3 aromatic rings. The molecule has 0 radical (unpaired) electrons. The predicted molar refractivity (Wildman–Crippen MR) is 106 cm³/mol. The van der Waals surface area contributed by atoms with Gasteiger partial charge in [0.1, 0.15) is 29.6 Å². The van der Waals surface area contributed by atoms with Crippen molar-refractivity contribution in [1.82, 2.24) is 0 Å². The number of carbonyl (C=O) groups is 1. The summed E-state index contributed by atoms with van der Waals surface area (Å²) in [6.45, 7) is -0.823. The molecule has 2 aromatic carbocycles. The third-order valence-electron chi connectivity index (χ3n) is 4.03. The second-order valence-electron chi connectivity index (χ2n) is 6.06. The Labute approximate surface area is 171 Å². The average molecular weight is 419 g/mol. The van der Waals surface area contributed by atoms with Crippen molar-refractivity contribution >= 4 is 23.5 Å². The highest BCUT2D eigenvalue weighted by atomic mass is 35.5. The molecule has 1 heterocycles. The van der Waals surface area contributed by atoms with Crippen molar-refractivity contribution in [1.29, 1.82) is 0 Å². The average Bonchev–Trinajstić information content (AvgIpc) is 3.15. The van der Waals surface area contributed by atoms with E-state index in [0.29, 0.717) is 27.9 Å². The Bertz CT molecular complexity index is 1010. The lowest BCUT2D eigenvalue weighted by Gasteiger charge is -2.08. The Morgan fingerprint density at radius 3 is 2.62 bits per heavy atom. The molecule has 0 bridgehead atoms. The molecule has 0 saturated heterocycles. The first-order valence-corrected chi connectivity index (χ1v) is 9.04. The van der Waals surface area contributed by atoms with Gasteiger partial charge in [0.15, 0.2) is 5.78 Å². The molecular formula is C22H17ClF2O4. The molecule has 0 aliphatic rings. The summed E-state index contributed by atoms with van der Waals surface area (Å²) < 4.78 is 39.9. The van der Waals surface area contributed by atoms with Gasteiger partial charge in [-0.3, -0.25) is 4.79 Å². The molecule has 0 spiro atoms. The maximum atomic E-state index is 12.2. The summed E-state index contributed by atoms with van der Waals surface area (Å²) >= 11 is 6.07. The normalized spacial score (nSPS) is 11.2. The largest absolute Gasteiger partial charge is 0.485 e. The molecule has 29 heavy (non-hydrogen) atoms. The lowest BCUT2D eigenvalue weighted by atomic mass is 10.1. The molecule has 0 fully saturated rings. The summed E-state index contributed by atoms with van der Waals surface area (Å²) in [4.78, 5) is 12.2. The SMILES string of the molecule is Cc1c(Cl)cccc1OCc1ccc(/C=C/C(=O)c2ccc(OC(F)F)cc2)o1. The molecule has 0 atom stereocenters. The Kier molecular flexibility index (Phi) is 6.67. The van der Waals surface area contributed by atoms with Gasteiger partial charge in [-0.15, -0.1) is 0 Å². The standard InChI is InChI=1S/C22H17ClF2O4/c1-14-19(23)3-2-4-21(14)27-13-18-10-9-16(28-18)11-12-20(26)15-5-7-17(8-6-15)29-22(24)25/h2-12,22H,13H2,1H3/b12-11+. The van der Waals surface area contributed by atoms with E-state index in [9.17, 15) is 13.6 Å². The van der Waals surface area contributed by atoms with Crippen LogP contribution in [0.1, 0.15) is 27.4 Å². The Morgan fingerprint density at radius 2 is 1.90 bits per heavy atom. The zero-order valence-electron chi connectivity index (χ0n) is 15.4. The van der Waals surface area contributed by atoms with Crippen LogP contribution in [0.3, 0.4) is 0 Å². The first kappa shape index (κ1) is 20.6. The van der Waals surface area contributed by atoms with Gasteiger partial charge in [-0.2, -0.15) is 8.78 Å². The van der Waals surface area contributed by atoms with Gasteiger partial charge in [0.25, 0.3) is 0 Å². The van der Waals surface area contributed by atoms with Crippen LogP contribution in [0.15, 0.2) is 65.1 Å². The number of benzene rings is 2. The Hall–Kier alpha value is -3.12. The molecule has 0 N–H and O–H groups in total. The molecule has 1 aromatic heterocycles. The summed E-state index contributed by atoms with van der Waals surface area (Å²) in [6.07, 6.45) is 2.87. The van der Waals surface area contributed by atoms with E-state index in [0.717, 1.165) is 5.56 Å². The second kappa shape index (κ2) is 9.39. The van der Waals surface area contributed by atoms with E-state index < -0.39 is 6.61 Å². The van der Waals surface area contributed by atoms with Crippen LogP contribution < -0.4 is 9.47 Å². The van der Waals surface area contributed by atoms with Crippen LogP contribution in [-0.2, 0) is 6.61 Å². The van der Waals surface area contributed by atoms with Gasteiger partial charge >= 0.3 is 6.61 Å². The van der Waals surface area contributed by atoms with Gasteiger partial charge in [-0.25, -0.2) is 0 Å². The second-order valence-corrected chi connectivity index (χ2v) is 6.46. The lowest BCUT2D eigenvalue weighted by Crippen LogP contribution is -2.02. The van der Waals surface area contributed by atoms with Crippen LogP contribution >= 0.6 is 11.6 Å². The van der Waals surface area contributed by atoms with Crippen LogP contribution in [-0.4, -0.2) is 12.4 Å². The number of allylic oxidation sites excluding steroid dienone is 1. The molecule has 0 amide bonds. The number of furan rings is 1. The lowest BCUT2D eigenvalue weighted by molar-refractivity contribution is -0.0498. The van der Waals surface area contributed by atoms with Crippen molar-refractivity contribution in [2.24, 2.45) is 0 Å². The fourth-order valence-electron chi connectivity index (χ4n) is 2.51. The van der Waals surface area contributed by atoms with E-state index in [1.165, 1.54) is 36.4 Å².